The molecule has 4 rings (SSSR count). The number of fused-ring (bicyclic) bond motifs is 1. The van der Waals surface area contributed by atoms with Crippen LogP contribution in [0.1, 0.15) is 50.3 Å². The molecule has 0 N–H and O–H groups in total. The molecule has 1 aromatic heterocycles. The number of carbonyl (C=O) groups is 1. The second-order valence-corrected chi connectivity index (χ2v) is 10.2. The van der Waals surface area contributed by atoms with Gasteiger partial charge in [-0.1, -0.05) is 43.2 Å². The molecule has 2 aromatic carbocycles. The lowest BCUT2D eigenvalue weighted by Gasteiger charge is -2.25. The topological polar surface area (TPSA) is 97.6 Å². The molecule has 0 bridgehead atoms. The second-order valence-electron chi connectivity index (χ2n) is 9.15. The Balaban J connectivity index is 1.85. The summed E-state index contributed by atoms with van der Waals surface area (Å²) in [4.78, 5) is 31.9. The van der Waals surface area contributed by atoms with Crippen LogP contribution < -0.4 is 33.8 Å². The van der Waals surface area contributed by atoms with Crippen LogP contribution in [0.2, 0.25) is 0 Å². The van der Waals surface area contributed by atoms with Crippen molar-refractivity contribution in [2.45, 2.75) is 39.2 Å². The lowest BCUT2D eigenvalue weighted by molar-refractivity contribution is -0.136. The summed E-state index contributed by atoms with van der Waals surface area (Å²) in [5.41, 5.74) is 1.91. The predicted octanol–water partition coefficient (Wildman–Crippen LogP) is 4.00. The van der Waals surface area contributed by atoms with Crippen molar-refractivity contribution in [3.05, 3.63) is 78.5 Å². The molecule has 0 saturated heterocycles. The first kappa shape index (κ1) is 28.9. The van der Waals surface area contributed by atoms with Crippen LogP contribution in [0.25, 0.3) is 6.08 Å². The van der Waals surface area contributed by atoms with E-state index in [1.807, 2.05) is 18.2 Å². The largest absolute Gasteiger partial charge is 0.493 e. The van der Waals surface area contributed by atoms with Crippen molar-refractivity contribution in [1.29, 1.82) is 0 Å². The lowest BCUT2D eigenvalue weighted by atomic mass is 9.95. The minimum atomic E-state index is -0.765. The van der Waals surface area contributed by atoms with Crippen LogP contribution >= 0.6 is 11.3 Å². The Labute approximate surface area is 236 Å². The first-order valence-electron chi connectivity index (χ1n) is 13.0. The number of methoxy groups -OCH3 is 4. The first-order chi connectivity index (χ1) is 19.4. The average molecular weight is 567 g/mol. The Bertz CT molecular complexity index is 1600. The zero-order chi connectivity index (χ0) is 28.8. The first-order valence-corrected chi connectivity index (χ1v) is 13.8. The Kier molecular flexibility index (Phi) is 9.31. The number of carbonyl (C=O) groups excluding carboxylic acids is 1. The van der Waals surface area contributed by atoms with Gasteiger partial charge in [-0.3, -0.25) is 9.36 Å². The van der Waals surface area contributed by atoms with E-state index in [9.17, 15) is 9.59 Å². The number of hydrogen-bond donors (Lipinski definition) is 0. The maximum Gasteiger partial charge on any atom is 0.338 e. The number of allylic oxidation sites excluding steroid dienone is 1. The van der Waals surface area contributed by atoms with E-state index in [1.54, 1.807) is 52.5 Å². The summed E-state index contributed by atoms with van der Waals surface area (Å²) in [5, 5.41) is 0. The summed E-state index contributed by atoms with van der Waals surface area (Å²) >= 11 is 1.25. The van der Waals surface area contributed by atoms with Gasteiger partial charge in [0.25, 0.3) is 5.56 Å². The van der Waals surface area contributed by atoms with Crippen LogP contribution in [0, 0.1) is 0 Å². The molecule has 212 valence electrons. The van der Waals surface area contributed by atoms with Crippen molar-refractivity contribution in [3.63, 3.8) is 0 Å². The number of rotatable bonds is 11. The van der Waals surface area contributed by atoms with Gasteiger partial charge < -0.3 is 23.7 Å². The quantitative estimate of drug-likeness (QED) is 0.256. The normalized spacial score (nSPS) is 14.8. The fraction of sp³-hybridized carbons (Fsp3) is 0.367. The van der Waals surface area contributed by atoms with Gasteiger partial charge >= 0.3 is 5.97 Å². The van der Waals surface area contributed by atoms with Gasteiger partial charge in [0.1, 0.15) is 0 Å². The summed E-state index contributed by atoms with van der Waals surface area (Å²) in [5.74, 6) is 1.70. The van der Waals surface area contributed by atoms with Gasteiger partial charge in [0.2, 0.25) is 0 Å². The summed E-state index contributed by atoms with van der Waals surface area (Å²) in [6.45, 7) is 4.45. The van der Waals surface area contributed by atoms with Crippen LogP contribution in [0.4, 0.5) is 0 Å². The standard InChI is InChI=1S/C30H34N2O7S/c1-7-8-9-14-39-22-13-11-20(17-24(22)37-5)27-26(29(34)38-6)18(2)31-30-32(27)28(33)25(40-30)16-19-10-12-21(35-3)23(15-19)36-4/h10-13,15-17,27H,7-9,14H2,1-6H3/b25-16-. The van der Waals surface area contributed by atoms with Crippen molar-refractivity contribution in [3.8, 4) is 23.0 Å². The molecule has 0 aliphatic carbocycles. The lowest BCUT2D eigenvalue weighted by Crippen LogP contribution is -2.39. The molecule has 1 aliphatic heterocycles. The smallest absolute Gasteiger partial charge is 0.338 e. The highest BCUT2D eigenvalue weighted by Crippen LogP contribution is 2.36. The number of ether oxygens (including phenoxy) is 5. The van der Waals surface area contributed by atoms with Crippen LogP contribution in [-0.4, -0.2) is 45.6 Å². The molecule has 0 spiro atoms. The number of esters is 1. The number of benzene rings is 2. The van der Waals surface area contributed by atoms with Crippen molar-refractivity contribution in [1.82, 2.24) is 4.57 Å². The fourth-order valence-corrected chi connectivity index (χ4v) is 5.66. The summed E-state index contributed by atoms with van der Waals surface area (Å²) < 4.78 is 29.4. The highest BCUT2D eigenvalue weighted by atomic mass is 32.1. The Morgan fingerprint density at radius 1 is 0.975 bits per heavy atom. The number of aromatic nitrogens is 1. The number of nitrogens with zero attached hydrogens (tertiary/aromatic N) is 2. The van der Waals surface area contributed by atoms with E-state index < -0.39 is 12.0 Å². The van der Waals surface area contributed by atoms with Crippen molar-refractivity contribution < 1.29 is 28.5 Å². The van der Waals surface area contributed by atoms with Gasteiger partial charge in [0.05, 0.1) is 56.9 Å². The molecule has 40 heavy (non-hydrogen) atoms. The SMILES string of the molecule is CCCCCOc1ccc(C2C(C(=O)OC)=C(C)N=c3s/c(=C\c4ccc(OC)c(OC)c4)c(=O)n32)cc1OC. The van der Waals surface area contributed by atoms with Gasteiger partial charge in [-0.25, -0.2) is 9.79 Å². The van der Waals surface area contributed by atoms with Crippen LogP contribution in [0.3, 0.4) is 0 Å². The maximum absolute atomic E-state index is 13.9. The summed E-state index contributed by atoms with van der Waals surface area (Å²) in [7, 11) is 6.00. The molecule has 0 saturated carbocycles. The zero-order valence-electron chi connectivity index (χ0n) is 23.6. The van der Waals surface area contributed by atoms with E-state index in [4.69, 9.17) is 23.7 Å². The number of unbranched alkanes of at least 4 members (excludes halogenated alkanes) is 2. The van der Waals surface area contributed by atoms with Crippen molar-refractivity contribution >= 4 is 23.4 Å². The third-order valence-corrected chi connectivity index (χ3v) is 7.62. The summed E-state index contributed by atoms with van der Waals surface area (Å²) in [6.07, 6.45) is 4.88. The number of thiazole rings is 1. The number of hydrogen-bond acceptors (Lipinski definition) is 9. The molecule has 10 heteroatoms. The minimum Gasteiger partial charge on any atom is -0.493 e. The molecule has 0 fully saturated rings. The predicted molar refractivity (Wildman–Crippen MR) is 153 cm³/mol. The molecule has 0 amide bonds. The highest BCUT2D eigenvalue weighted by molar-refractivity contribution is 7.07. The van der Waals surface area contributed by atoms with E-state index in [0.29, 0.717) is 50.2 Å². The maximum atomic E-state index is 13.9. The van der Waals surface area contributed by atoms with Crippen molar-refractivity contribution in [2.24, 2.45) is 4.99 Å². The average Bonchev–Trinajstić information content (AvgIpc) is 3.27. The van der Waals surface area contributed by atoms with Gasteiger partial charge in [-0.15, -0.1) is 0 Å². The van der Waals surface area contributed by atoms with E-state index in [2.05, 4.69) is 11.9 Å². The third-order valence-electron chi connectivity index (χ3n) is 6.64. The summed E-state index contributed by atoms with van der Waals surface area (Å²) in [6, 6.07) is 10.1. The molecular weight excluding hydrogens is 532 g/mol. The van der Waals surface area contributed by atoms with E-state index in [0.717, 1.165) is 24.8 Å². The van der Waals surface area contributed by atoms with Gasteiger partial charge in [-0.2, -0.15) is 0 Å². The minimum absolute atomic E-state index is 0.281. The van der Waals surface area contributed by atoms with Crippen LogP contribution in [0.5, 0.6) is 23.0 Å². The molecule has 2 heterocycles. The van der Waals surface area contributed by atoms with Gasteiger partial charge in [-0.05, 0) is 54.8 Å². The molecular formula is C30H34N2O7S. The van der Waals surface area contributed by atoms with Crippen molar-refractivity contribution in [2.75, 3.05) is 35.0 Å². The Hall–Kier alpha value is -4.05. The molecule has 9 nitrogen and oxygen atoms in total. The molecule has 3 aromatic rings. The van der Waals surface area contributed by atoms with Crippen LogP contribution in [0.15, 0.2) is 57.5 Å². The van der Waals surface area contributed by atoms with Crippen LogP contribution in [-0.2, 0) is 9.53 Å². The van der Waals surface area contributed by atoms with E-state index in [1.165, 1.54) is 23.0 Å². The Morgan fingerprint density at radius 2 is 1.68 bits per heavy atom. The third kappa shape index (κ3) is 5.77. The highest BCUT2D eigenvalue weighted by Gasteiger charge is 2.33. The molecule has 1 aliphatic rings. The second kappa shape index (κ2) is 12.9. The molecule has 0 radical (unpaired) electrons. The fourth-order valence-electron chi connectivity index (χ4n) is 4.61. The Morgan fingerprint density at radius 3 is 2.35 bits per heavy atom. The van der Waals surface area contributed by atoms with E-state index >= 15 is 0 Å². The monoisotopic (exact) mass is 566 g/mol. The molecule has 1 unspecified atom stereocenters. The van der Waals surface area contributed by atoms with E-state index in [-0.39, 0.29) is 11.1 Å². The van der Waals surface area contributed by atoms with Gasteiger partial charge in [0.15, 0.2) is 27.8 Å². The zero-order valence-corrected chi connectivity index (χ0v) is 24.4. The van der Waals surface area contributed by atoms with Gasteiger partial charge in [0, 0.05) is 0 Å². The molecule has 1 atom stereocenters.